The van der Waals surface area contributed by atoms with Crippen molar-refractivity contribution < 1.29 is 4.74 Å². The molecule has 0 aliphatic carbocycles. The quantitative estimate of drug-likeness (QED) is 0.787. The van der Waals surface area contributed by atoms with E-state index in [4.69, 9.17) is 10.5 Å². The third-order valence-electron chi connectivity index (χ3n) is 3.36. The summed E-state index contributed by atoms with van der Waals surface area (Å²) in [5.41, 5.74) is 8.08. The number of nitrogens with two attached hydrogens (primary N) is 1. The van der Waals surface area contributed by atoms with Gasteiger partial charge in [-0.1, -0.05) is 31.2 Å². The number of fused-ring (bicyclic) bond motifs is 1. The van der Waals surface area contributed by atoms with E-state index in [2.05, 4.69) is 24.0 Å². The molecule has 0 fully saturated rings. The van der Waals surface area contributed by atoms with Gasteiger partial charge in [-0.15, -0.1) is 11.3 Å². The number of hydrogen-bond donors (Lipinski definition) is 1. The van der Waals surface area contributed by atoms with E-state index in [1.54, 1.807) is 18.4 Å². The van der Waals surface area contributed by atoms with Crippen molar-refractivity contribution in [2.75, 3.05) is 12.8 Å². The van der Waals surface area contributed by atoms with E-state index in [0.717, 1.165) is 44.2 Å². The fourth-order valence-electron chi connectivity index (χ4n) is 2.38. The Kier molecular flexibility index (Phi) is 3.32. The molecule has 0 bridgehead atoms. The molecular weight excluding hydrogens is 268 g/mol. The van der Waals surface area contributed by atoms with Gasteiger partial charge >= 0.3 is 0 Å². The first kappa shape index (κ1) is 12.9. The second-order valence-corrected chi connectivity index (χ2v) is 5.65. The highest BCUT2D eigenvalue weighted by atomic mass is 32.1. The smallest absolute Gasteiger partial charge is 0.126 e. The van der Waals surface area contributed by atoms with Crippen LogP contribution in [0.4, 0.5) is 5.00 Å². The number of ether oxygens (including phenoxy) is 1. The third-order valence-corrected chi connectivity index (χ3v) is 4.39. The normalized spacial score (nSPS) is 10.9. The van der Waals surface area contributed by atoms with Gasteiger partial charge in [0.15, 0.2) is 0 Å². The van der Waals surface area contributed by atoms with Crippen molar-refractivity contribution in [3.05, 3.63) is 41.4 Å². The summed E-state index contributed by atoms with van der Waals surface area (Å²) in [6, 6.07) is 12.2. The molecule has 0 radical (unpaired) electrons. The maximum absolute atomic E-state index is 6.14. The summed E-state index contributed by atoms with van der Waals surface area (Å²) in [6.07, 6.45) is 0.906. The molecule has 3 aromatic rings. The van der Waals surface area contributed by atoms with Crippen LogP contribution in [0.15, 0.2) is 36.4 Å². The van der Waals surface area contributed by atoms with Crippen LogP contribution in [0.3, 0.4) is 0 Å². The largest absolute Gasteiger partial charge is 0.496 e. The minimum Gasteiger partial charge on any atom is -0.496 e. The standard InChI is InChI=1S/C16H16N2OS/c1-3-14-18-15(16(17)20-14)12-8-9-13(19-2)11-7-5-4-6-10(11)12/h4-9H,3,17H2,1-2H3. The Morgan fingerprint density at radius 1 is 1.15 bits per heavy atom. The zero-order valence-corrected chi connectivity index (χ0v) is 12.3. The molecule has 0 saturated heterocycles. The Morgan fingerprint density at radius 3 is 2.55 bits per heavy atom. The molecule has 0 atom stereocenters. The Morgan fingerprint density at radius 2 is 1.90 bits per heavy atom. The Labute approximate surface area is 122 Å². The molecule has 0 saturated carbocycles. The van der Waals surface area contributed by atoms with E-state index >= 15 is 0 Å². The van der Waals surface area contributed by atoms with Crippen LogP contribution in [-0.4, -0.2) is 12.1 Å². The minimum atomic E-state index is 0.775. The van der Waals surface area contributed by atoms with Crippen LogP contribution < -0.4 is 10.5 Å². The van der Waals surface area contributed by atoms with Crippen LogP contribution in [0.5, 0.6) is 5.75 Å². The molecule has 2 aromatic carbocycles. The Bertz CT molecular complexity index is 764. The fourth-order valence-corrected chi connectivity index (χ4v) is 3.17. The molecule has 3 nitrogen and oxygen atoms in total. The van der Waals surface area contributed by atoms with Crippen molar-refractivity contribution >= 4 is 27.1 Å². The summed E-state index contributed by atoms with van der Waals surface area (Å²) in [5.74, 6) is 0.869. The summed E-state index contributed by atoms with van der Waals surface area (Å²) in [4.78, 5) is 4.66. The van der Waals surface area contributed by atoms with Gasteiger partial charge in [-0.2, -0.15) is 0 Å². The number of nitrogens with zero attached hydrogens (tertiary/aromatic N) is 1. The molecular formula is C16H16N2OS. The number of hydrogen-bond acceptors (Lipinski definition) is 4. The molecule has 3 rings (SSSR count). The van der Waals surface area contributed by atoms with Crippen molar-refractivity contribution in [2.24, 2.45) is 0 Å². The molecule has 0 amide bonds. The van der Waals surface area contributed by atoms with Crippen molar-refractivity contribution in [3.63, 3.8) is 0 Å². The van der Waals surface area contributed by atoms with E-state index in [-0.39, 0.29) is 0 Å². The number of aryl methyl sites for hydroxylation is 1. The van der Waals surface area contributed by atoms with E-state index in [9.17, 15) is 0 Å². The number of benzene rings is 2. The number of nitrogen functional groups attached to an aromatic ring is 1. The van der Waals surface area contributed by atoms with Crippen LogP contribution in [0, 0.1) is 0 Å². The molecule has 0 spiro atoms. The highest BCUT2D eigenvalue weighted by molar-refractivity contribution is 7.16. The average Bonchev–Trinajstić information content (AvgIpc) is 2.87. The van der Waals surface area contributed by atoms with Crippen LogP contribution in [0.1, 0.15) is 11.9 Å². The minimum absolute atomic E-state index is 0.775. The first-order chi connectivity index (χ1) is 9.74. The maximum Gasteiger partial charge on any atom is 0.126 e. The molecule has 2 N–H and O–H groups in total. The molecule has 0 aliphatic rings. The van der Waals surface area contributed by atoms with E-state index < -0.39 is 0 Å². The number of methoxy groups -OCH3 is 1. The van der Waals surface area contributed by atoms with Gasteiger partial charge < -0.3 is 10.5 Å². The lowest BCUT2D eigenvalue weighted by molar-refractivity contribution is 0.420. The molecule has 1 heterocycles. The van der Waals surface area contributed by atoms with E-state index in [0.29, 0.717) is 0 Å². The number of rotatable bonds is 3. The molecule has 0 unspecified atom stereocenters. The van der Waals surface area contributed by atoms with Gasteiger partial charge in [-0.25, -0.2) is 4.98 Å². The fraction of sp³-hybridized carbons (Fsp3) is 0.188. The van der Waals surface area contributed by atoms with Gasteiger partial charge in [0, 0.05) is 10.9 Å². The maximum atomic E-state index is 6.14. The monoisotopic (exact) mass is 284 g/mol. The highest BCUT2D eigenvalue weighted by Crippen LogP contribution is 2.38. The highest BCUT2D eigenvalue weighted by Gasteiger charge is 2.14. The molecule has 0 aliphatic heterocycles. The van der Waals surface area contributed by atoms with Gasteiger partial charge in [0.05, 0.1) is 12.1 Å². The van der Waals surface area contributed by atoms with Gasteiger partial charge in [0.1, 0.15) is 16.4 Å². The molecule has 102 valence electrons. The van der Waals surface area contributed by atoms with Crippen LogP contribution in [0.25, 0.3) is 22.0 Å². The topological polar surface area (TPSA) is 48.1 Å². The summed E-state index contributed by atoms with van der Waals surface area (Å²) >= 11 is 1.56. The zero-order chi connectivity index (χ0) is 14.1. The van der Waals surface area contributed by atoms with Crippen molar-refractivity contribution in [1.29, 1.82) is 0 Å². The predicted molar refractivity (Wildman–Crippen MR) is 85.4 cm³/mol. The van der Waals surface area contributed by atoms with E-state index in [1.165, 1.54) is 0 Å². The van der Waals surface area contributed by atoms with Crippen molar-refractivity contribution in [1.82, 2.24) is 4.98 Å². The number of thiazole rings is 1. The Hall–Kier alpha value is -2.07. The number of anilines is 1. The van der Waals surface area contributed by atoms with Crippen molar-refractivity contribution in [3.8, 4) is 17.0 Å². The summed E-state index contributed by atoms with van der Waals surface area (Å²) in [6.45, 7) is 2.09. The lowest BCUT2D eigenvalue weighted by Gasteiger charge is -2.09. The van der Waals surface area contributed by atoms with Gasteiger partial charge in [-0.05, 0) is 23.9 Å². The van der Waals surface area contributed by atoms with Gasteiger partial charge in [0.2, 0.25) is 0 Å². The zero-order valence-electron chi connectivity index (χ0n) is 11.5. The molecule has 20 heavy (non-hydrogen) atoms. The van der Waals surface area contributed by atoms with Crippen LogP contribution >= 0.6 is 11.3 Å². The van der Waals surface area contributed by atoms with Gasteiger partial charge in [0.25, 0.3) is 0 Å². The number of aromatic nitrogens is 1. The Balaban J connectivity index is 2.29. The van der Waals surface area contributed by atoms with Crippen LogP contribution in [-0.2, 0) is 6.42 Å². The van der Waals surface area contributed by atoms with E-state index in [1.807, 2.05) is 24.3 Å². The summed E-state index contributed by atoms with van der Waals surface area (Å²) in [5, 5.41) is 4.04. The molecule has 4 heteroatoms. The van der Waals surface area contributed by atoms with Gasteiger partial charge in [-0.3, -0.25) is 0 Å². The summed E-state index contributed by atoms with van der Waals surface area (Å²) in [7, 11) is 1.69. The van der Waals surface area contributed by atoms with Crippen LogP contribution in [0.2, 0.25) is 0 Å². The second kappa shape index (κ2) is 5.13. The first-order valence-electron chi connectivity index (χ1n) is 6.56. The van der Waals surface area contributed by atoms with Crippen molar-refractivity contribution in [2.45, 2.75) is 13.3 Å². The predicted octanol–water partition coefficient (Wildman–Crippen LogP) is 4.12. The third kappa shape index (κ3) is 2.02. The SMILES string of the molecule is CCc1nc(-c2ccc(OC)c3ccccc23)c(N)s1. The first-order valence-corrected chi connectivity index (χ1v) is 7.37. The average molecular weight is 284 g/mol. The lowest BCUT2D eigenvalue weighted by Crippen LogP contribution is -1.90. The molecule has 1 aromatic heterocycles. The summed E-state index contributed by atoms with van der Waals surface area (Å²) < 4.78 is 5.43. The second-order valence-electron chi connectivity index (χ2n) is 4.53. The lowest BCUT2D eigenvalue weighted by atomic mass is 10.0.